The molecule has 0 fully saturated rings. The molecule has 0 saturated carbocycles. The first-order chi connectivity index (χ1) is 11.5. The molecule has 9 nitrogen and oxygen atoms in total. The van der Waals surface area contributed by atoms with Gasteiger partial charge < -0.3 is 11.1 Å². The van der Waals surface area contributed by atoms with E-state index in [9.17, 15) is 9.59 Å². The molecular formula is C14H13N7O2S. The molecule has 0 aliphatic rings. The molecule has 0 aliphatic heterocycles. The Morgan fingerprint density at radius 3 is 2.71 bits per heavy atom. The maximum absolute atomic E-state index is 11.1. The van der Waals surface area contributed by atoms with Crippen LogP contribution in [0.1, 0.15) is 23.0 Å². The summed E-state index contributed by atoms with van der Waals surface area (Å²) < 4.78 is 0. The molecule has 0 bridgehead atoms. The first-order valence-corrected chi connectivity index (χ1v) is 7.79. The van der Waals surface area contributed by atoms with Crippen LogP contribution in [-0.2, 0) is 11.3 Å². The van der Waals surface area contributed by atoms with E-state index < -0.39 is 5.91 Å². The molecule has 1 aromatic carbocycles. The zero-order valence-corrected chi connectivity index (χ0v) is 13.4. The number of nitrogens with zero attached hydrogens (tertiary/aromatic N) is 5. The standard InChI is InChI=1S/C14H13N7O2S/c1-8(22)16-14-17-11(7-24-14)6-21-19-13(18-20-21)10-4-2-9(3-5-10)12(15)23/h2-5,7H,6H2,1H3,(H2,15,23)(H,16,17,22). The molecule has 0 aliphatic carbocycles. The van der Waals surface area contributed by atoms with E-state index >= 15 is 0 Å². The second-order valence-corrected chi connectivity index (χ2v) is 5.77. The third-order valence-corrected chi connectivity index (χ3v) is 3.83. The van der Waals surface area contributed by atoms with E-state index in [0.29, 0.717) is 23.1 Å². The number of thiazole rings is 1. The number of rotatable bonds is 5. The number of hydrogen-bond donors (Lipinski definition) is 2. The number of hydrogen-bond acceptors (Lipinski definition) is 7. The highest BCUT2D eigenvalue weighted by Gasteiger charge is 2.09. The summed E-state index contributed by atoms with van der Waals surface area (Å²) in [6, 6.07) is 6.63. The lowest BCUT2D eigenvalue weighted by Gasteiger charge is -1.97. The zero-order valence-electron chi connectivity index (χ0n) is 12.6. The highest BCUT2D eigenvalue weighted by atomic mass is 32.1. The number of carbonyl (C=O) groups excluding carboxylic acids is 2. The van der Waals surface area contributed by atoms with Gasteiger partial charge in [0.15, 0.2) is 5.13 Å². The number of primary amides is 1. The second-order valence-electron chi connectivity index (χ2n) is 4.91. The van der Waals surface area contributed by atoms with Gasteiger partial charge in [-0.15, -0.1) is 21.5 Å². The van der Waals surface area contributed by atoms with E-state index in [1.807, 2.05) is 5.38 Å². The minimum Gasteiger partial charge on any atom is -0.366 e. The third-order valence-electron chi connectivity index (χ3n) is 3.02. The van der Waals surface area contributed by atoms with Gasteiger partial charge in [-0.2, -0.15) is 4.80 Å². The topological polar surface area (TPSA) is 129 Å². The second kappa shape index (κ2) is 6.54. The van der Waals surface area contributed by atoms with Crippen LogP contribution in [0.5, 0.6) is 0 Å². The molecular weight excluding hydrogens is 330 g/mol. The van der Waals surface area contributed by atoms with Crippen molar-refractivity contribution in [2.24, 2.45) is 5.73 Å². The molecule has 0 unspecified atom stereocenters. The Kier molecular flexibility index (Phi) is 4.29. The Labute approximate surface area is 140 Å². The van der Waals surface area contributed by atoms with Gasteiger partial charge in [0.2, 0.25) is 17.6 Å². The van der Waals surface area contributed by atoms with E-state index in [1.165, 1.54) is 23.1 Å². The highest BCUT2D eigenvalue weighted by molar-refractivity contribution is 7.13. The molecule has 24 heavy (non-hydrogen) atoms. The van der Waals surface area contributed by atoms with Crippen molar-refractivity contribution < 1.29 is 9.59 Å². The fourth-order valence-electron chi connectivity index (χ4n) is 1.94. The van der Waals surface area contributed by atoms with E-state index in [4.69, 9.17) is 5.73 Å². The summed E-state index contributed by atoms with van der Waals surface area (Å²) >= 11 is 1.33. The van der Waals surface area contributed by atoms with Gasteiger partial charge in [0.05, 0.1) is 5.69 Å². The van der Waals surface area contributed by atoms with Gasteiger partial charge in [0.1, 0.15) is 6.54 Å². The lowest BCUT2D eigenvalue weighted by molar-refractivity contribution is -0.114. The van der Waals surface area contributed by atoms with E-state index in [-0.39, 0.29) is 5.91 Å². The normalized spacial score (nSPS) is 10.5. The van der Waals surface area contributed by atoms with Crippen molar-refractivity contribution in [2.75, 3.05) is 5.32 Å². The Hall–Kier alpha value is -3.14. The van der Waals surface area contributed by atoms with E-state index in [0.717, 1.165) is 11.3 Å². The third kappa shape index (κ3) is 3.60. The Balaban J connectivity index is 1.72. The molecule has 3 aromatic rings. The van der Waals surface area contributed by atoms with Gasteiger partial charge in [-0.3, -0.25) is 9.59 Å². The molecule has 2 amide bonds. The van der Waals surface area contributed by atoms with Crippen molar-refractivity contribution in [1.29, 1.82) is 0 Å². The average Bonchev–Trinajstić information content (AvgIpc) is 3.17. The van der Waals surface area contributed by atoms with Crippen LogP contribution in [0, 0.1) is 0 Å². The van der Waals surface area contributed by atoms with Gasteiger partial charge in [-0.25, -0.2) is 4.98 Å². The van der Waals surface area contributed by atoms with Gasteiger partial charge in [-0.05, 0) is 17.3 Å². The van der Waals surface area contributed by atoms with Crippen LogP contribution in [0.25, 0.3) is 11.4 Å². The number of nitrogens with two attached hydrogens (primary N) is 1. The smallest absolute Gasteiger partial charge is 0.248 e. The van der Waals surface area contributed by atoms with Crippen molar-refractivity contribution in [3.63, 3.8) is 0 Å². The summed E-state index contributed by atoms with van der Waals surface area (Å²) in [7, 11) is 0. The van der Waals surface area contributed by atoms with Crippen LogP contribution in [0.4, 0.5) is 5.13 Å². The Morgan fingerprint density at radius 1 is 1.29 bits per heavy atom. The van der Waals surface area contributed by atoms with Crippen LogP contribution < -0.4 is 11.1 Å². The quantitative estimate of drug-likeness (QED) is 0.708. The first kappa shape index (κ1) is 15.7. The Bertz CT molecular complexity index is 885. The van der Waals surface area contributed by atoms with Crippen LogP contribution >= 0.6 is 11.3 Å². The number of amides is 2. The van der Waals surface area contributed by atoms with Crippen LogP contribution in [-0.4, -0.2) is 37.0 Å². The van der Waals surface area contributed by atoms with Crippen molar-refractivity contribution in [3.8, 4) is 11.4 Å². The van der Waals surface area contributed by atoms with Gasteiger partial charge in [0.25, 0.3) is 0 Å². The summed E-state index contributed by atoms with van der Waals surface area (Å²) in [6.07, 6.45) is 0. The molecule has 0 radical (unpaired) electrons. The molecule has 0 spiro atoms. The first-order valence-electron chi connectivity index (χ1n) is 6.91. The largest absolute Gasteiger partial charge is 0.366 e. The number of nitrogens with one attached hydrogen (secondary N) is 1. The molecule has 10 heteroatoms. The summed E-state index contributed by atoms with van der Waals surface area (Å²) in [4.78, 5) is 27.7. The zero-order chi connectivity index (χ0) is 17.1. The average molecular weight is 343 g/mol. The van der Waals surface area contributed by atoms with Crippen molar-refractivity contribution in [2.45, 2.75) is 13.5 Å². The fraction of sp³-hybridized carbons (Fsp3) is 0.143. The molecule has 0 atom stereocenters. The van der Waals surface area contributed by atoms with Crippen molar-refractivity contribution in [3.05, 3.63) is 40.9 Å². The van der Waals surface area contributed by atoms with Gasteiger partial charge in [0, 0.05) is 23.4 Å². The lowest BCUT2D eigenvalue weighted by atomic mass is 10.1. The number of tetrazole rings is 1. The van der Waals surface area contributed by atoms with Gasteiger partial charge in [-0.1, -0.05) is 12.1 Å². The van der Waals surface area contributed by atoms with Crippen molar-refractivity contribution in [1.82, 2.24) is 25.2 Å². The molecule has 2 aromatic heterocycles. The highest BCUT2D eigenvalue weighted by Crippen LogP contribution is 2.17. The molecule has 2 heterocycles. The summed E-state index contributed by atoms with van der Waals surface area (Å²) in [5.41, 5.74) is 7.07. The van der Waals surface area contributed by atoms with Gasteiger partial charge >= 0.3 is 0 Å². The molecule has 0 saturated heterocycles. The van der Waals surface area contributed by atoms with Crippen LogP contribution in [0.2, 0.25) is 0 Å². The number of anilines is 1. The predicted octanol–water partition coefficient (Wildman–Crippen LogP) is 0.902. The van der Waals surface area contributed by atoms with E-state index in [1.54, 1.807) is 24.3 Å². The maximum atomic E-state index is 11.1. The van der Waals surface area contributed by atoms with Crippen molar-refractivity contribution >= 4 is 28.3 Å². The monoisotopic (exact) mass is 343 g/mol. The minimum absolute atomic E-state index is 0.170. The summed E-state index contributed by atoms with van der Waals surface area (Å²) in [5.74, 6) is -0.225. The predicted molar refractivity (Wildman–Crippen MR) is 87.3 cm³/mol. The number of benzene rings is 1. The Morgan fingerprint density at radius 2 is 2.04 bits per heavy atom. The SMILES string of the molecule is CC(=O)Nc1nc(Cn2nnc(-c3ccc(C(N)=O)cc3)n2)cs1. The summed E-state index contributed by atoms with van der Waals surface area (Å²) in [6.45, 7) is 1.76. The number of aromatic nitrogens is 5. The fourth-order valence-corrected chi connectivity index (χ4v) is 2.69. The number of carbonyl (C=O) groups is 2. The molecule has 3 rings (SSSR count). The maximum Gasteiger partial charge on any atom is 0.248 e. The minimum atomic E-state index is -0.489. The molecule has 3 N–H and O–H groups in total. The lowest BCUT2D eigenvalue weighted by Crippen LogP contribution is -2.10. The molecule has 122 valence electrons. The van der Waals surface area contributed by atoms with Crippen LogP contribution in [0.15, 0.2) is 29.6 Å². The van der Waals surface area contributed by atoms with E-state index in [2.05, 4.69) is 25.7 Å². The summed E-state index contributed by atoms with van der Waals surface area (Å²) in [5, 5.41) is 17.2. The van der Waals surface area contributed by atoms with Crippen LogP contribution in [0.3, 0.4) is 0 Å².